The summed E-state index contributed by atoms with van der Waals surface area (Å²) in [6, 6.07) is 4.30. The van der Waals surface area contributed by atoms with Crippen LogP contribution in [0.4, 0.5) is 0 Å². The summed E-state index contributed by atoms with van der Waals surface area (Å²) in [4.78, 5) is 15.6. The Kier molecular flexibility index (Phi) is 2.32. The number of H-pyrrole nitrogens is 1. The van der Waals surface area contributed by atoms with E-state index in [0.29, 0.717) is 12.2 Å². The van der Waals surface area contributed by atoms with E-state index in [0.717, 1.165) is 41.4 Å². The highest BCUT2D eigenvalue weighted by Crippen LogP contribution is 2.31. The fourth-order valence-electron chi connectivity index (χ4n) is 2.98. The Morgan fingerprint density at radius 3 is 2.71 bits per heavy atom. The van der Waals surface area contributed by atoms with Crippen molar-refractivity contribution in [2.75, 3.05) is 0 Å². The highest BCUT2D eigenvalue weighted by atomic mass is 16.1. The molecule has 1 N–H and O–H groups in total. The summed E-state index contributed by atoms with van der Waals surface area (Å²) in [5.74, 6) is 0.315. The lowest BCUT2D eigenvalue weighted by Crippen LogP contribution is -1.98. The summed E-state index contributed by atoms with van der Waals surface area (Å²) in [5.41, 5.74) is 5.71. The zero-order valence-electron chi connectivity index (χ0n) is 10.4. The SMILES string of the molecule is Cc1cc(C)c2c3c([nH]c2c1)CCCCC3=O. The van der Waals surface area contributed by atoms with Crippen LogP contribution in [-0.2, 0) is 6.42 Å². The van der Waals surface area contributed by atoms with Crippen molar-refractivity contribution in [1.82, 2.24) is 4.98 Å². The molecule has 0 atom stereocenters. The summed E-state index contributed by atoms with van der Waals surface area (Å²) >= 11 is 0. The lowest BCUT2D eigenvalue weighted by Gasteiger charge is -2.02. The Bertz CT molecular complexity index is 607. The van der Waals surface area contributed by atoms with Gasteiger partial charge in [0.2, 0.25) is 0 Å². The zero-order chi connectivity index (χ0) is 12.0. The largest absolute Gasteiger partial charge is 0.358 e. The van der Waals surface area contributed by atoms with E-state index in [-0.39, 0.29) is 0 Å². The van der Waals surface area contributed by atoms with Gasteiger partial charge in [0, 0.05) is 28.6 Å². The van der Waals surface area contributed by atoms with Crippen molar-refractivity contribution < 1.29 is 4.79 Å². The molecule has 1 aliphatic carbocycles. The Labute approximate surface area is 101 Å². The second kappa shape index (κ2) is 3.73. The van der Waals surface area contributed by atoms with Crippen molar-refractivity contribution >= 4 is 16.7 Å². The molecule has 0 unspecified atom stereocenters. The smallest absolute Gasteiger partial charge is 0.165 e. The lowest BCUT2D eigenvalue weighted by molar-refractivity contribution is 0.0983. The van der Waals surface area contributed by atoms with E-state index in [1.807, 2.05) is 0 Å². The summed E-state index contributed by atoms with van der Waals surface area (Å²) in [7, 11) is 0. The maximum atomic E-state index is 12.2. The number of rotatable bonds is 0. The summed E-state index contributed by atoms with van der Waals surface area (Å²) in [6.45, 7) is 4.20. The molecule has 2 nitrogen and oxygen atoms in total. The molecular weight excluding hydrogens is 210 g/mol. The molecule has 2 aromatic rings. The molecule has 1 aromatic heterocycles. The van der Waals surface area contributed by atoms with Crippen LogP contribution in [0.1, 0.15) is 46.4 Å². The van der Waals surface area contributed by atoms with E-state index in [9.17, 15) is 4.79 Å². The van der Waals surface area contributed by atoms with Gasteiger partial charge in [0.25, 0.3) is 0 Å². The van der Waals surface area contributed by atoms with Gasteiger partial charge >= 0.3 is 0 Å². The van der Waals surface area contributed by atoms with Crippen LogP contribution in [0.5, 0.6) is 0 Å². The molecule has 1 heterocycles. The second-order valence-corrected chi connectivity index (χ2v) is 5.11. The van der Waals surface area contributed by atoms with Gasteiger partial charge in [0.1, 0.15) is 0 Å². The minimum Gasteiger partial charge on any atom is -0.358 e. The number of carbonyl (C=O) groups is 1. The number of nitrogens with one attached hydrogen (secondary N) is 1. The Hall–Kier alpha value is -1.57. The van der Waals surface area contributed by atoms with Crippen LogP contribution in [0.2, 0.25) is 0 Å². The van der Waals surface area contributed by atoms with Gasteiger partial charge in [-0.2, -0.15) is 0 Å². The first-order valence-electron chi connectivity index (χ1n) is 6.32. The standard InChI is InChI=1S/C15H17NO/c1-9-7-10(2)14-12(8-9)16-11-5-3-4-6-13(17)15(11)14/h7-8,16H,3-6H2,1-2H3. The quantitative estimate of drug-likeness (QED) is 0.684. The van der Waals surface area contributed by atoms with Crippen molar-refractivity contribution in [3.63, 3.8) is 0 Å². The van der Waals surface area contributed by atoms with Gasteiger partial charge in [-0.3, -0.25) is 4.79 Å². The van der Waals surface area contributed by atoms with Crippen LogP contribution < -0.4 is 0 Å². The molecule has 0 fully saturated rings. The van der Waals surface area contributed by atoms with Gasteiger partial charge in [-0.1, -0.05) is 6.07 Å². The number of aromatic nitrogens is 1. The predicted molar refractivity (Wildman–Crippen MR) is 69.7 cm³/mol. The van der Waals surface area contributed by atoms with Crippen LogP contribution in [0, 0.1) is 13.8 Å². The number of benzene rings is 1. The average molecular weight is 227 g/mol. The third-order valence-corrected chi connectivity index (χ3v) is 3.68. The number of carbonyl (C=O) groups excluding carboxylic acids is 1. The molecule has 0 aliphatic heterocycles. The fraction of sp³-hybridized carbons (Fsp3) is 0.400. The zero-order valence-corrected chi connectivity index (χ0v) is 10.4. The van der Waals surface area contributed by atoms with E-state index in [2.05, 4.69) is 31.0 Å². The van der Waals surface area contributed by atoms with E-state index in [1.165, 1.54) is 11.1 Å². The summed E-state index contributed by atoms with van der Waals surface area (Å²) in [5, 5.41) is 1.15. The topological polar surface area (TPSA) is 32.9 Å². The van der Waals surface area contributed by atoms with Crippen molar-refractivity contribution in [3.8, 4) is 0 Å². The van der Waals surface area contributed by atoms with Gasteiger partial charge in [0.15, 0.2) is 5.78 Å². The first kappa shape index (κ1) is 10.6. The number of fused-ring (bicyclic) bond motifs is 3. The molecule has 0 bridgehead atoms. The highest BCUT2D eigenvalue weighted by Gasteiger charge is 2.21. The number of ketones is 1. The normalized spacial score (nSPS) is 16.0. The van der Waals surface area contributed by atoms with Gasteiger partial charge in [0.05, 0.1) is 0 Å². The van der Waals surface area contributed by atoms with Crippen molar-refractivity contribution in [1.29, 1.82) is 0 Å². The molecule has 3 rings (SSSR count). The maximum absolute atomic E-state index is 12.2. The number of hydrogen-bond donors (Lipinski definition) is 1. The number of Topliss-reactive ketones (excluding diaryl/α,β-unsaturated/α-hetero) is 1. The number of aryl methyl sites for hydroxylation is 3. The molecule has 0 saturated heterocycles. The molecule has 0 amide bonds. The maximum Gasteiger partial charge on any atom is 0.165 e. The average Bonchev–Trinajstić information content (AvgIpc) is 2.53. The first-order valence-corrected chi connectivity index (χ1v) is 6.32. The fourth-order valence-corrected chi connectivity index (χ4v) is 2.98. The van der Waals surface area contributed by atoms with Crippen LogP contribution in [0.25, 0.3) is 10.9 Å². The summed E-state index contributed by atoms with van der Waals surface area (Å²) < 4.78 is 0. The molecule has 1 aromatic carbocycles. The molecule has 1 aliphatic rings. The lowest BCUT2D eigenvalue weighted by atomic mass is 10.00. The van der Waals surface area contributed by atoms with Gasteiger partial charge in [-0.15, -0.1) is 0 Å². The van der Waals surface area contributed by atoms with E-state index < -0.39 is 0 Å². The minimum atomic E-state index is 0.315. The monoisotopic (exact) mass is 227 g/mol. The third-order valence-electron chi connectivity index (χ3n) is 3.68. The van der Waals surface area contributed by atoms with E-state index in [1.54, 1.807) is 0 Å². The van der Waals surface area contributed by atoms with Crippen molar-refractivity contribution in [2.45, 2.75) is 39.5 Å². The van der Waals surface area contributed by atoms with Gasteiger partial charge in [-0.05, 0) is 50.3 Å². The van der Waals surface area contributed by atoms with Crippen LogP contribution in [0.3, 0.4) is 0 Å². The Balaban J connectivity index is 2.37. The molecule has 88 valence electrons. The highest BCUT2D eigenvalue weighted by molar-refractivity contribution is 6.10. The number of aromatic amines is 1. The number of hydrogen-bond acceptors (Lipinski definition) is 1. The first-order chi connectivity index (χ1) is 8.16. The molecule has 0 radical (unpaired) electrons. The van der Waals surface area contributed by atoms with Crippen LogP contribution in [-0.4, -0.2) is 10.8 Å². The van der Waals surface area contributed by atoms with Crippen molar-refractivity contribution in [3.05, 3.63) is 34.5 Å². The molecule has 0 spiro atoms. The minimum absolute atomic E-state index is 0.315. The summed E-state index contributed by atoms with van der Waals surface area (Å²) in [6.07, 6.45) is 3.85. The van der Waals surface area contributed by atoms with Gasteiger partial charge in [-0.25, -0.2) is 0 Å². The Morgan fingerprint density at radius 1 is 1.12 bits per heavy atom. The molecular formula is C15H17NO. The molecule has 17 heavy (non-hydrogen) atoms. The van der Waals surface area contributed by atoms with Crippen LogP contribution >= 0.6 is 0 Å². The van der Waals surface area contributed by atoms with Crippen LogP contribution in [0.15, 0.2) is 12.1 Å². The Morgan fingerprint density at radius 2 is 1.88 bits per heavy atom. The van der Waals surface area contributed by atoms with E-state index >= 15 is 0 Å². The third kappa shape index (κ3) is 1.59. The predicted octanol–water partition coefficient (Wildman–Crippen LogP) is 3.69. The molecule has 0 saturated carbocycles. The molecule has 2 heteroatoms. The van der Waals surface area contributed by atoms with Gasteiger partial charge < -0.3 is 4.98 Å². The second-order valence-electron chi connectivity index (χ2n) is 5.11. The van der Waals surface area contributed by atoms with Crippen molar-refractivity contribution in [2.24, 2.45) is 0 Å². The van der Waals surface area contributed by atoms with E-state index in [4.69, 9.17) is 0 Å².